The van der Waals surface area contributed by atoms with E-state index >= 15 is 0 Å². The molecular formula is C14H14N4S. The molecule has 96 valence electrons. The van der Waals surface area contributed by atoms with Crippen LogP contribution in [0.5, 0.6) is 0 Å². The first-order valence-corrected chi connectivity index (χ1v) is 7.13. The van der Waals surface area contributed by atoms with Gasteiger partial charge in [-0.15, -0.1) is 0 Å². The predicted octanol–water partition coefficient (Wildman–Crippen LogP) is 3.16. The molecule has 0 unspecified atom stereocenters. The number of hydrogen-bond donors (Lipinski definition) is 2. The van der Waals surface area contributed by atoms with Crippen molar-refractivity contribution in [3.8, 4) is 0 Å². The van der Waals surface area contributed by atoms with E-state index in [4.69, 9.17) is 0 Å². The molecule has 2 aromatic heterocycles. The summed E-state index contributed by atoms with van der Waals surface area (Å²) in [6, 6.07) is 13.9. The number of anilines is 1. The molecule has 0 fully saturated rings. The fourth-order valence-corrected chi connectivity index (χ4v) is 2.53. The fraction of sp³-hybridized carbons (Fsp3) is 0.143. The zero-order chi connectivity index (χ0) is 12.9. The number of fused-ring (bicyclic) bond motifs is 1. The Bertz CT molecular complexity index is 618. The number of benzene rings is 1. The summed E-state index contributed by atoms with van der Waals surface area (Å²) >= 11 is 1.71. The zero-order valence-electron chi connectivity index (χ0n) is 10.3. The number of para-hydroxylation sites is 2. The van der Waals surface area contributed by atoms with Crippen LogP contribution in [0.15, 0.2) is 53.8 Å². The van der Waals surface area contributed by atoms with Crippen molar-refractivity contribution in [3.63, 3.8) is 0 Å². The van der Waals surface area contributed by atoms with Crippen LogP contribution in [0.4, 0.5) is 5.82 Å². The number of rotatable bonds is 5. The van der Waals surface area contributed by atoms with Crippen LogP contribution in [-0.4, -0.2) is 27.2 Å². The average molecular weight is 270 g/mol. The van der Waals surface area contributed by atoms with Gasteiger partial charge in [0, 0.05) is 18.5 Å². The quantitative estimate of drug-likeness (QED) is 0.552. The summed E-state index contributed by atoms with van der Waals surface area (Å²) in [5.74, 6) is 1.85. The largest absolute Gasteiger partial charge is 0.369 e. The van der Waals surface area contributed by atoms with E-state index in [-0.39, 0.29) is 0 Å². The van der Waals surface area contributed by atoms with Crippen LogP contribution < -0.4 is 5.32 Å². The number of aromatic amines is 1. The van der Waals surface area contributed by atoms with Gasteiger partial charge in [0.2, 0.25) is 0 Å². The first kappa shape index (κ1) is 12.0. The lowest BCUT2D eigenvalue weighted by atomic mass is 10.3. The molecule has 0 saturated carbocycles. The summed E-state index contributed by atoms with van der Waals surface area (Å²) in [6.45, 7) is 0.860. The molecule has 0 aliphatic rings. The molecule has 0 amide bonds. The third-order valence-corrected chi connectivity index (χ3v) is 3.55. The average Bonchev–Trinajstić information content (AvgIpc) is 2.87. The highest BCUT2D eigenvalue weighted by Crippen LogP contribution is 2.18. The number of thioether (sulfide) groups is 1. The van der Waals surface area contributed by atoms with Gasteiger partial charge in [0.05, 0.1) is 11.0 Å². The molecule has 0 bridgehead atoms. The Morgan fingerprint density at radius 2 is 2.00 bits per heavy atom. The molecule has 0 saturated heterocycles. The predicted molar refractivity (Wildman–Crippen MR) is 79.5 cm³/mol. The second-order valence-electron chi connectivity index (χ2n) is 4.05. The van der Waals surface area contributed by atoms with Gasteiger partial charge in [-0.2, -0.15) is 0 Å². The van der Waals surface area contributed by atoms with Crippen molar-refractivity contribution in [1.29, 1.82) is 0 Å². The van der Waals surface area contributed by atoms with Crippen LogP contribution in [-0.2, 0) is 0 Å². The molecule has 0 atom stereocenters. The maximum absolute atomic E-state index is 4.52. The Balaban J connectivity index is 1.52. The first-order valence-electron chi connectivity index (χ1n) is 6.14. The number of pyridine rings is 1. The van der Waals surface area contributed by atoms with Gasteiger partial charge in [0.1, 0.15) is 5.82 Å². The van der Waals surface area contributed by atoms with Crippen molar-refractivity contribution in [2.75, 3.05) is 17.6 Å². The smallest absolute Gasteiger partial charge is 0.166 e. The van der Waals surface area contributed by atoms with E-state index in [1.165, 1.54) is 0 Å². The second-order valence-corrected chi connectivity index (χ2v) is 5.13. The molecule has 5 heteroatoms. The van der Waals surface area contributed by atoms with Crippen LogP contribution in [0.25, 0.3) is 11.0 Å². The molecule has 0 radical (unpaired) electrons. The van der Waals surface area contributed by atoms with E-state index in [9.17, 15) is 0 Å². The van der Waals surface area contributed by atoms with Crippen molar-refractivity contribution >= 4 is 28.6 Å². The summed E-state index contributed by atoms with van der Waals surface area (Å²) in [4.78, 5) is 12.0. The lowest BCUT2D eigenvalue weighted by Gasteiger charge is -2.03. The van der Waals surface area contributed by atoms with Gasteiger partial charge < -0.3 is 10.3 Å². The van der Waals surface area contributed by atoms with Crippen molar-refractivity contribution in [2.45, 2.75) is 5.16 Å². The van der Waals surface area contributed by atoms with Gasteiger partial charge in [-0.05, 0) is 24.3 Å². The number of nitrogens with one attached hydrogen (secondary N) is 2. The van der Waals surface area contributed by atoms with E-state index in [0.717, 1.165) is 34.3 Å². The van der Waals surface area contributed by atoms with Gasteiger partial charge in [-0.25, -0.2) is 9.97 Å². The van der Waals surface area contributed by atoms with E-state index in [1.54, 1.807) is 18.0 Å². The van der Waals surface area contributed by atoms with Crippen molar-refractivity contribution in [1.82, 2.24) is 15.0 Å². The minimum Gasteiger partial charge on any atom is -0.369 e. The standard InChI is InChI=1S/C14H14N4S/c1-2-6-12-11(5-1)17-14(18-12)19-10-9-16-13-7-3-4-8-15-13/h1-8H,9-10H2,(H,15,16)(H,17,18). The lowest BCUT2D eigenvalue weighted by molar-refractivity contribution is 1.07. The number of hydrogen-bond acceptors (Lipinski definition) is 4. The lowest BCUT2D eigenvalue weighted by Crippen LogP contribution is -2.05. The number of aromatic nitrogens is 3. The van der Waals surface area contributed by atoms with Crippen LogP contribution >= 0.6 is 11.8 Å². The van der Waals surface area contributed by atoms with Crippen LogP contribution in [0, 0.1) is 0 Å². The van der Waals surface area contributed by atoms with Gasteiger partial charge in [0.15, 0.2) is 5.16 Å². The molecular weight excluding hydrogens is 256 g/mol. The topological polar surface area (TPSA) is 53.6 Å². The molecule has 2 heterocycles. The monoisotopic (exact) mass is 270 g/mol. The Morgan fingerprint density at radius 3 is 2.84 bits per heavy atom. The van der Waals surface area contributed by atoms with Crippen molar-refractivity contribution < 1.29 is 0 Å². The van der Waals surface area contributed by atoms with E-state index in [2.05, 4.69) is 20.3 Å². The molecule has 3 aromatic rings. The van der Waals surface area contributed by atoms with Gasteiger partial charge in [-0.1, -0.05) is 30.0 Å². The summed E-state index contributed by atoms with van der Waals surface area (Å²) in [6.07, 6.45) is 1.79. The second kappa shape index (κ2) is 5.75. The number of imidazole rings is 1. The first-order chi connectivity index (χ1) is 9.42. The van der Waals surface area contributed by atoms with Crippen molar-refractivity contribution in [3.05, 3.63) is 48.7 Å². The molecule has 0 spiro atoms. The minimum atomic E-state index is 0.860. The van der Waals surface area contributed by atoms with Crippen LogP contribution in [0.3, 0.4) is 0 Å². The summed E-state index contributed by atoms with van der Waals surface area (Å²) < 4.78 is 0. The van der Waals surface area contributed by atoms with E-state index < -0.39 is 0 Å². The van der Waals surface area contributed by atoms with Gasteiger partial charge in [0.25, 0.3) is 0 Å². The Hall–Kier alpha value is -2.01. The highest BCUT2D eigenvalue weighted by Gasteiger charge is 2.01. The maximum Gasteiger partial charge on any atom is 0.166 e. The van der Waals surface area contributed by atoms with Gasteiger partial charge >= 0.3 is 0 Å². The molecule has 1 aromatic carbocycles. The van der Waals surface area contributed by atoms with Crippen molar-refractivity contribution in [2.24, 2.45) is 0 Å². The zero-order valence-corrected chi connectivity index (χ0v) is 11.2. The van der Waals surface area contributed by atoms with E-state index in [1.807, 2.05) is 42.5 Å². The van der Waals surface area contributed by atoms with Crippen LogP contribution in [0.1, 0.15) is 0 Å². The summed E-state index contributed by atoms with van der Waals surface area (Å²) in [5, 5.41) is 4.24. The summed E-state index contributed by atoms with van der Waals surface area (Å²) in [7, 11) is 0. The fourth-order valence-electron chi connectivity index (χ4n) is 1.79. The molecule has 4 nitrogen and oxygen atoms in total. The molecule has 19 heavy (non-hydrogen) atoms. The molecule has 3 rings (SSSR count). The van der Waals surface area contributed by atoms with E-state index in [0.29, 0.717) is 0 Å². The highest BCUT2D eigenvalue weighted by molar-refractivity contribution is 7.99. The van der Waals surface area contributed by atoms with Crippen LogP contribution in [0.2, 0.25) is 0 Å². The minimum absolute atomic E-state index is 0.860. The molecule has 0 aliphatic carbocycles. The third kappa shape index (κ3) is 3.06. The number of H-pyrrole nitrogens is 1. The Kier molecular flexibility index (Phi) is 3.65. The maximum atomic E-state index is 4.52. The Labute approximate surface area is 115 Å². The molecule has 0 aliphatic heterocycles. The molecule has 2 N–H and O–H groups in total. The Morgan fingerprint density at radius 1 is 1.11 bits per heavy atom. The normalized spacial score (nSPS) is 10.7. The third-order valence-electron chi connectivity index (χ3n) is 2.68. The highest BCUT2D eigenvalue weighted by atomic mass is 32.2. The van der Waals surface area contributed by atoms with Gasteiger partial charge in [-0.3, -0.25) is 0 Å². The number of nitrogens with zero attached hydrogens (tertiary/aromatic N) is 2. The SMILES string of the molecule is c1ccc(NCCSc2nc3ccccc3[nH]2)nc1. The summed E-state index contributed by atoms with van der Waals surface area (Å²) in [5.41, 5.74) is 2.10.